The molecule has 1 N–H and O–H groups in total. The number of benzene rings is 1. The molecule has 1 aromatic carbocycles. The zero-order valence-electron chi connectivity index (χ0n) is 10.3. The van der Waals surface area contributed by atoms with Crippen LogP contribution in [0.15, 0.2) is 24.3 Å². The number of hydrogen-bond acceptors (Lipinski definition) is 4. The van der Waals surface area contributed by atoms with Crippen LogP contribution in [-0.4, -0.2) is 25.7 Å². The summed E-state index contributed by atoms with van der Waals surface area (Å²) in [5, 5.41) is 11.9. The summed E-state index contributed by atoms with van der Waals surface area (Å²) < 4.78 is 4.73. The van der Waals surface area contributed by atoms with Gasteiger partial charge >= 0.3 is 5.97 Å². The summed E-state index contributed by atoms with van der Waals surface area (Å²) >= 11 is 0. The molecule has 1 aliphatic rings. The van der Waals surface area contributed by atoms with E-state index in [9.17, 15) is 4.79 Å². The Kier molecular flexibility index (Phi) is 3.96. The highest BCUT2D eigenvalue weighted by Crippen LogP contribution is 2.20. The standard InChI is InChI=1S/C14H16N2O2/c1-18-14(17)13-7-12(9-16-13)6-10-2-4-11(8-15)5-3-10/h2-5,12-13,16H,6-7,9H2,1H3/t12?,13-/m0/s1. The average Bonchev–Trinajstić information content (AvgIpc) is 2.87. The van der Waals surface area contributed by atoms with Gasteiger partial charge < -0.3 is 10.1 Å². The van der Waals surface area contributed by atoms with Crippen molar-refractivity contribution in [2.75, 3.05) is 13.7 Å². The first kappa shape index (κ1) is 12.6. The minimum Gasteiger partial charge on any atom is -0.468 e. The summed E-state index contributed by atoms with van der Waals surface area (Å²) in [5.74, 6) is 0.263. The third kappa shape index (κ3) is 2.88. The minimum atomic E-state index is -0.183. The Morgan fingerprint density at radius 3 is 2.83 bits per heavy atom. The van der Waals surface area contributed by atoms with E-state index in [0.717, 1.165) is 19.4 Å². The van der Waals surface area contributed by atoms with Crippen molar-refractivity contribution in [3.05, 3.63) is 35.4 Å². The fraction of sp³-hybridized carbons (Fsp3) is 0.429. The lowest BCUT2D eigenvalue weighted by Gasteiger charge is -2.09. The molecule has 1 aromatic rings. The molecule has 18 heavy (non-hydrogen) atoms. The lowest BCUT2D eigenvalue weighted by Crippen LogP contribution is -2.31. The summed E-state index contributed by atoms with van der Waals surface area (Å²) in [6.45, 7) is 0.833. The molecule has 0 aromatic heterocycles. The Morgan fingerprint density at radius 2 is 2.22 bits per heavy atom. The predicted octanol–water partition coefficient (Wildman–Crippen LogP) is 1.25. The number of nitrogens with one attached hydrogen (secondary N) is 1. The van der Waals surface area contributed by atoms with E-state index in [1.807, 2.05) is 24.3 Å². The van der Waals surface area contributed by atoms with E-state index in [4.69, 9.17) is 10.00 Å². The number of nitrogens with zero attached hydrogens (tertiary/aromatic N) is 1. The average molecular weight is 244 g/mol. The Balaban J connectivity index is 1.91. The fourth-order valence-electron chi connectivity index (χ4n) is 2.33. The van der Waals surface area contributed by atoms with Gasteiger partial charge in [0, 0.05) is 0 Å². The van der Waals surface area contributed by atoms with E-state index >= 15 is 0 Å². The third-order valence-electron chi connectivity index (χ3n) is 3.32. The quantitative estimate of drug-likeness (QED) is 0.813. The Labute approximate surface area is 107 Å². The van der Waals surface area contributed by atoms with Crippen molar-refractivity contribution in [2.45, 2.75) is 18.9 Å². The molecule has 2 rings (SSSR count). The maximum Gasteiger partial charge on any atom is 0.322 e. The van der Waals surface area contributed by atoms with Gasteiger partial charge in [0.1, 0.15) is 6.04 Å². The third-order valence-corrected chi connectivity index (χ3v) is 3.32. The van der Waals surface area contributed by atoms with E-state index in [1.165, 1.54) is 12.7 Å². The van der Waals surface area contributed by atoms with Gasteiger partial charge in [-0.3, -0.25) is 4.79 Å². The Hall–Kier alpha value is -1.86. The van der Waals surface area contributed by atoms with Crippen LogP contribution in [0.25, 0.3) is 0 Å². The molecule has 0 bridgehead atoms. The van der Waals surface area contributed by atoms with Crippen molar-refractivity contribution < 1.29 is 9.53 Å². The normalized spacial score (nSPS) is 22.4. The maximum atomic E-state index is 11.4. The molecule has 1 saturated heterocycles. The molecular weight excluding hydrogens is 228 g/mol. The van der Waals surface area contributed by atoms with Crippen LogP contribution in [-0.2, 0) is 16.0 Å². The van der Waals surface area contributed by atoms with Gasteiger partial charge in [0.25, 0.3) is 0 Å². The SMILES string of the molecule is COC(=O)[C@@H]1CC(Cc2ccc(C#N)cc2)CN1. The van der Waals surface area contributed by atoms with Crippen LogP contribution in [0.5, 0.6) is 0 Å². The highest BCUT2D eigenvalue weighted by Gasteiger charge is 2.29. The van der Waals surface area contributed by atoms with Crippen LogP contribution in [0.4, 0.5) is 0 Å². The van der Waals surface area contributed by atoms with Crippen LogP contribution < -0.4 is 5.32 Å². The van der Waals surface area contributed by atoms with E-state index in [-0.39, 0.29) is 12.0 Å². The number of rotatable bonds is 3. The Bertz CT molecular complexity index is 462. The minimum absolute atomic E-state index is 0.168. The summed E-state index contributed by atoms with van der Waals surface area (Å²) in [6.07, 6.45) is 1.73. The Morgan fingerprint density at radius 1 is 1.50 bits per heavy atom. The van der Waals surface area contributed by atoms with Crippen LogP contribution in [0.2, 0.25) is 0 Å². The molecule has 0 radical (unpaired) electrons. The zero-order chi connectivity index (χ0) is 13.0. The molecule has 4 heteroatoms. The topological polar surface area (TPSA) is 62.1 Å². The second-order valence-corrected chi connectivity index (χ2v) is 4.60. The molecule has 0 aliphatic carbocycles. The second-order valence-electron chi connectivity index (χ2n) is 4.60. The zero-order valence-corrected chi connectivity index (χ0v) is 10.3. The molecule has 1 heterocycles. The van der Waals surface area contributed by atoms with Crippen molar-refractivity contribution in [3.63, 3.8) is 0 Å². The van der Waals surface area contributed by atoms with Crippen molar-refractivity contribution in [2.24, 2.45) is 5.92 Å². The smallest absolute Gasteiger partial charge is 0.322 e. The monoisotopic (exact) mass is 244 g/mol. The predicted molar refractivity (Wildman–Crippen MR) is 66.8 cm³/mol. The molecule has 0 saturated carbocycles. The number of carbonyl (C=O) groups excluding carboxylic acids is 1. The molecule has 2 atom stereocenters. The van der Waals surface area contributed by atoms with Crippen LogP contribution in [0.3, 0.4) is 0 Å². The van der Waals surface area contributed by atoms with Crippen LogP contribution in [0, 0.1) is 17.2 Å². The summed E-state index contributed by atoms with van der Waals surface area (Å²) in [7, 11) is 1.41. The van der Waals surface area contributed by atoms with Gasteiger partial charge in [0.15, 0.2) is 0 Å². The second kappa shape index (κ2) is 5.65. The molecule has 1 unspecified atom stereocenters. The highest BCUT2D eigenvalue weighted by atomic mass is 16.5. The molecule has 1 aliphatic heterocycles. The molecule has 4 nitrogen and oxygen atoms in total. The summed E-state index contributed by atoms with van der Waals surface area (Å²) in [4.78, 5) is 11.4. The number of methoxy groups -OCH3 is 1. The van der Waals surface area contributed by atoms with Gasteiger partial charge in [0.2, 0.25) is 0 Å². The number of esters is 1. The molecule has 1 fully saturated rings. The van der Waals surface area contributed by atoms with Gasteiger partial charge in [-0.25, -0.2) is 0 Å². The summed E-state index contributed by atoms with van der Waals surface area (Å²) in [6, 6.07) is 9.55. The first-order chi connectivity index (χ1) is 8.72. The van der Waals surface area contributed by atoms with E-state index in [1.54, 1.807) is 0 Å². The number of nitriles is 1. The number of hydrogen-bond donors (Lipinski definition) is 1. The van der Waals surface area contributed by atoms with Crippen LogP contribution in [0.1, 0.15) is 17.5 Å². The molecule has 0 amide bonds. The first-order valence-electron chi connectivity index (χ1n) is 6.03. The first-order valence-corrected chi connectivity index (χ1v) is 6.03. The van der Waals surface area contributed by atoms with Gasteiger partial charge in [-0.05, 0) is 43.0 Å². The van der Waals surface area contributed by atoms with E-state index in [0.29, 0.717) is 11.5 Å². The summed E-state index contributed by atoms with van der Waals surface area (Å²) in [5.41, 5.74) is 1.88. The lowest BCUT2D eigenvalue weighted by atomic mass is 9.96. The molecule has 0 spiro atoms. The van der Waals surface area contributed by atoms with Crippen molar-refractivity contribution in [1.29, 1.82) is 5.26 Å². The van der Waals surface area contributed by atoms with E-state index < -0.39 is 0 Å². The van der Waals surface area contributed by atoms with Crippen LogP contribution >= 0.6 is 0 Å². The van der Waals surface area contributed by atoms with Crippen molar-refractivity contribution in [1.82, 2.24) is 5.32 Å². The van der Waals surface area contributed by atoms with Crippen molar-refractivity contribution in [3.8, 4) is 6.07 Å². The van der Waals surface area contributed by atoms with Gasteiger partial charge in [-0.15, -0.1) is 0 Å². The van der Waals surface area contributed by atoms with E-state index in [2.05, 4.69) is 11.4 Å². The lowest BCUT2D eigenvalue weighted by molar-refractivity contribution is -0.142. The largest absolute Gasteiger partial charge is 0.468 e. The number of ether oxygens (including phenoxy) is 1. The van der Waals surface area contributed by atoms with Gasteiger partial charge in [0.05, 0.1) is 18.7 Å². The van der Waals surface area contributed by atoms with Crippen molar-refractivity contribution >= 4 is 5.97 Å². The molecule has 94 valence electrons. The van der Waals surface area contributed by atoms with Gasteiger partial charge in [-0.1, -0.05) is 12.1 Å². The van der Waals surface area contributed by atoms with Gasteiger partial charge in [-0.2, -0.15) is 5.26 Å². The molecular formula is C14H16N2O2. The highest BCUT2D eigenvalue weighted by molar-refractivity contribution is 5.76. The fourth-order valence-corrected chi connectivity index (χ4v) is 2.33. The maximum absolute atomic E-state index is 11.4. The number of carbonyl (C=O) groups is 1.